The number of carboxylic acid groups (broad SMARTS) is 1. The van der Waals surface area contributed by atoms with Gasteiger partial charge in [-0.2, -0.15) is 0 Å². The van der Waals surface area contributed by atoms with Gasteiger partial charge < -0.3 is 24.7 Å². The second-order valence-electron chi connectivity index (χ2n) is 8.57. The number of hydrogen-bond donors (Lipinski definition) is 2. The summed E-state index contributed by atoms with van der Waals surface area (Å²) < 4.78 is 10.0. The minimum absolute atomic E-state index is 0.163. The van der Waals surface area contributed by atoms with Crippen molar-refractivity contribution in [1.82, 2.24) is 15.2 Å². The number of carboxylic acids is 1. The molecule has 2 N–H and O–H groups in total. The van der Waals surface area contributed by atoms with E-state index in [2.05, 4.69) is 15.5 Å². The number of aliphatic carboxylic acids is 1. The fraction of sp³-hybridized carbons (Fsp3) is 0.476. The summed E-state index contributed by atoms with van der Waals surface area (Å²) in [5.74, 6) is -3.88. The van der Waals surface area contributed by atoms with E-state index in [1.165, 1.54) is 40.9 Å². The molecule has 2 aliphatic heterocycles. The maximum absolute atomic E-state index is 13.0. The highest BCUT2D eigenvalue weighted by Crippen LogP contribution is 2.40. The number of aromatic nitrogens is 1. The van der Waals surface area contributed by atoms with Crippen LogP contribution in [0.25, 0.3) is 0 Å². The molecule has 0 saturated carbocycles. The van der Waals surface area contributed by atoms with Crippen LogP contribution in [0.3, 0.4) is 0 Å². The summed E-state index contributed by atoms with van der Waals surface area (Å²) in [6.07, 6.45) is 0. The molecule has 1 saturated heterocycles. The van der Waals surface area contributed by atoms with E-state index in [-0.39, 0.29) is 35.0 Å². The van der Waals surface area contributed by atoms with Crippen molar-refractivity contribution in [1.29, 1.82) is 0 Å². The number of carbonyl (C=O) groups is 5. The molecule has 3 rings (SSSR count). The van der Waals surface area contributed by atoms with Gasteiger partial charge in [-0.1, -0.05) is 5.16 Å². The van der Waals surface area contributed by atoms with Gasteiger partial charge in [0.15, 0.2) is 5.71 Å². The minimum Gasteiger partial charge on any atom is -0.477 e. The van der Waals surface area contributed by atoms with E-state index in [1.807, 2.05) is 0 Å². The molecule has 3 heterocycles. The van der Waals surface area contributed by atoms with Gasteiger partial charge in [0, 0.05) is 23.6 Å². The number of nitrogens with one attached hydrogen (secondary N) is 1. The van der Waals surface area contributed by atoms with E-state index in [0.29, 0.717) is 0 Å². The summed E-state index contributed by atoms with van der Waals surface area (Å²) >= 11 is 2.41. The summed E-state index contributed by atoms with van der Waals surface area (Å²) in [5.41, 5.74) is 0.637. The highest BCUT2D eigenvalue weighted by atomic mass is 32.2. The van der Waals surface area contributed by atoms with E-state index >= 15 is 0 Å². The number of thiazole rings is 1. The molecular formula is C21H24N4O9S2. The molecule has 2 atom stereocenters. The van der Waals surface area contributed by atoms with Crippen LogP contribution in [-0.4, -0.2) is 86.4 Å². The third-order valence-electron chi connectivity index (χ3n) is 4.63. The van der Waals surface area contributed by atoms with Crippen LogP contribution in [-0.2, 0) is 38.3 Å². The highest BCUT2D eigenvalue weighted by Gasteiger charge is 2.54. The zero-order valence-corrected chi connectivity index (χ0v) is 21.4. The minimum atomic E-state index is -1.35. The van der Waals surface area contributed by atoms with Gasteiger partial charge in [-0.05, 0) is 20.8 Å². The Labute approximate surface area is 213 Å². The predicted octanol–water partition coefficient (Wildman–Crippen LogP) is 0.507. The first-order valence-corrected chi connectivity index (χ1v) is 12.5. The van der Waals surface area contributed by atoms with Crippen molar-refractivity contribution in [2.45, 2.75) is 44.7 Å². The van der Waals surface area contributed by atoms with E-state index in [9.17, 15) is 29.1 Å². The van der Waals surface area contributed by atoms with Crippen LogP contribution in [0, 0.1) is 0 Å². The molecule has 36 heavy (non-hydrogen) atoms. The maximum Gasteiger partial charge on any atom is 0.352 e. The number of thioether (sulfide) groups is 1. The number of ether oxygens (including phenoxy) is 2. The van der Waals surface area contributed by atoms with Crippen LogP contribution in [0.1, 0.15) is 33.4 Å². The van der Waals surface area contributed by atoms with E-state index in [0.717, 1.165) is 4.90 Å². The van der Waals surface area contributed by atoms with Gasteiger partial charge in [-0.25, -0.2) is 14.6 Å². The van der Waals surface area contributed by atoms with Gasteiger partial charge in [-0.3, -0.25) is 19.3 Å². The van der Waals surface area contributed by atoms with Crippen LogP contribution in [0.2, 0.25) is 0 Å². The fourth-order valence-corrected chi connectivity index (χ4v) is 5.11. The average molecular weight is 541 g/mol. The lowest BCUT2D eigenvalue weighted by atomic mass is 10.0. The topological polar surface area (TPSA) is 174 Å². The van der Waals surface area contributed by atoms with Crippen molar-refractivity contribution < 1.29 is 43.4 Å². The average Bonchev–Trinajstić information content (AvgIpc) is 3.31. The molecular weight excluding hydrogens is 516 g/mol. The van der Waals surface area contributed by atoms with Gasteiger partial charge in [0.1, 0.15) is 35.0 Å². The third-order valence-corrected chi connectivity index (χ3v) is 6.56. The Morgan fingerprint density at radius 3 is 2.61 bits per heavy atom. The normalized spacial score (nSPS) is 19.7. The van der Waals surface area contributed by atoms with Crippen LogP contribution >= 0.6 is 23.1 Å². The molecule has 1 fully saturated rings. The summed E-state index contributed by atoms with van der Waals surface area (Å²) in [5, 5.41) is 16.8. The first-order valence-electron chi connectivity index (χ1n) is 10.5. The zero-order chi connectivity index (χ0) is 26.6. The highest BCUT2D eigenvalue weighted by molar-refractivity contribution is 8.00. The Kier molecular flexibility index (Phi) is 8.35. The van der Waals surface area contributed by atoms with Crippen LogP contribution in [0.5, 0.6) is 0 Å². The molecule has 1 aromatic rings. The molecule has 194 valence electrons. The lowest BCUT2D eigenvalue weighted by molar-refractivity contribution is -0.160. The van der Waals surface area contributed by atoms with E-state index in [4.69, 9.17) is 14.3 Å². The second kappa shape index (κ2) is 11.1. The largest absolute Gasteiger partial charge is 0.477 e. The smallest absolute Gasteiger partial charge is 0.352 e. The molecule has 13 nitrogen and oxygen atoms in total. The Morgan fingerprint density at radius 1 is 1.31 bits per heavy atom. The molecule has 0 aromatic carbocycles. The van der Waals surface area contributed by atoms with Gasteiger partial charge in [-0.15, -0.1) is 23.1 Å². The summed E-state index contributed by atoms with van der Waals surface area (Å²) in [6.45, 7) is 5.45. The number of carbonyl (C=O) groups excluding carboxylic acids is 4. The van der Waals surface area contributed by atoms with Crippen LogP contribution < -0.4 is 5.32 Å². The molecule has 0 unspecified atom stereocenters. The van der Waals surface area contributed by atoms with E-state index in [1.54, 1.807) is 20.8 Å². The van der Waals surface area contributed by atoms with Crippen LogP contribution in [0.15, 0.2) is 27.3 Å². The molecule has 1 aromatic heterocycles. The first kappa shape index (κ1) is 27.1. The quantitative estimate of drug-likeness (QED) is 0.193. The number of β-lactam (4-membered cyclic amide) rings is 1. The van der Waals surface area contributed by atoms with Crippen molar-refractivity contribution in [2.24, 2.45) is 5.16 Å². The molecule has 0 aliphatic carbocycles. The van der Waals surface area contributed by atoms with Crippen molar-refractivity contribution in [3.63, 3.8) is 0 Å². The van der Waals surface area contributed by atoms with Gasteiger partial charge in [0.25, 0.3) is 11.8 Å². The number of esters is 2. The number of rotatable bonds is 9. The SMILES string of the molecule is CC(=O)OCC1=C(C(=O)O)N2C(=O)[C@@H](NC(=O)C(=NOCC(=O)OC(C)(C)C)c3cscn3)[C@H]2SC1. The molecule has 2 aliphatic rings. The summed E-state index contributed by atoms with van der Waals surface area (Å²) in [4.78, 5) is 70.7. The zero-order valence-electron chi connectivity index (χ0n) is 19.8. The Hall–Kier alpha value is -3.46. The fourth-order valence-electron chi connectivity index (χ4n) is 3.25. The molecule has 0 spiro atoms. The van der Waals surface area contributed by atoms with Crippen LogP contribution in [0.4, 0.5) is 0 Å². The Morgan fingerprint density at radius 2 is 2.03 bits per heavy atom. The van der Waals surface area contributed by atoms with Gasteiger partial charge in [0.05, 0.1) is 5.51 Å². The van der Waals surface area contributed by atoms with Crippen molar-refractivity contribution in [2.75, 3.05) is 19.0 Å². The van der Waals surface area contributed by atoms with Crippen molar-refractivity contribution >= 4 is 58.5 Å². The molecule has 2 amide bonds. The van der Waals surface area contributed by atoms with E-state index < -0.39 is 53.3 Å². The monoisotopic (exact) mass is 540 g/mol. The Bertz CT molecular complexity index is 1120. The Balaban J connectivity index is 1.72. The standard InChI is InChI=1S/C21H24N4O9S2/c1-10(26)32-5-11-7-36-19-15(18(29)25(19)16(11)20(30)31)23-17(28)14(12-8-35-9-22-12)24-33-6-13(27)34-21(2,3)4/h8-9,15,19H,5-7H2,1-4H3,(H,23,28)(H,30,31)/t15-,19-/m1/s1. The summed E-state index contributed by atoms with van der Waals surface area (Å²) in [7, 11) is 0. The van der Waals surface area contributed by atoms with Gasteiger partial charge in [0.2, 0.25) is 6.61 Å². The van der Waals surface area contributed by atoms with Gasteiger partial charge >= 0.3 is 17.9 Å². The van der Waals surface area contributed by atoms with Crippen molar-refractivity contribution in [3.8, 4) is 0 Å². The number of oxime groups is 1. The number of fused-ring (bicyclic) bond motifs is 1. The lowest BCUT2D eigenvalue weighted by Gasteiger charge is -2.49. The predicted molar refractivity (Wildman–Crippen MR) is 127 cm³/mol. The van der Waals surface area contributed by atoms with Crippen molar-refractivity contribution in [3.05, 3.63) is 27.9 Å². The number of amides is 2. The number of hydrogen-bond acceptors (Lipinski definition) is 12. The summed E-state index contributed by atoms with van der Waals surface area (Å²) in [6, 6.07) is -1.04. The first-order chi connectivity index (χ1) is 16.9. The molecule has 0 radical (unpaired) electrons. The molecule has 0 bridgehead atoms. The maximum atomic E-state index is 13.0. The lowest BCUT2D eigenvalue weighted by Crippen LogP contribution is -2.71. The second-order valence-corrected chi connectivity index (χ2v) is 10.4. The number of nitrogens with zero attached hydrogens (tertiary/aromatic N) is 3. The third kappa shape index (κ3) is 6.40. The molecule has 15 heteroatoms.